The monoisotopic (exact) mass is 250 g/mol. The first-order valence-electron chi connectivity index (χ1n) is 6.94. The highest BCUT2D eigenvalue weighted by molar-refractivity contribution is 5.46. The summed E-state index contributed by atoms with van der Waals surface area (Å²) in [6.45, 7) is 3.26. The van der Waals surface area contributed by atoms with Crippen LogP contribution < -0.4 is 10.2 Å². The molecule has 1 heterocycles. The molecule has 1 aromatic carbocycles. The van der Waals surface area contributed by atoms with Crippen LogP contribution in [0.3, 0.4) is 0 Å². The second-order valence-electron chi connectivity index (χ2n) is 5.21. The van der Waals surface area contributed by atoms with Crippen LogP contribution in [0.5, 0.6) is 0 Å². The Bertz CT molecular complexity index is 361. The van der Waals surface area contributed by atoms with Gasteiger partial charge in [-0.3, -0.25) is 0 Å². The molecule has 1 aromatic rings. The molecule has 1 fully saturated rings. The van der Waals surface area contributed by atoms with Crippen molar-refractivity contribution in [1.29, 1.82) is 0 Å². The van der Waals surface area contributed by atoms with Crippen LogP contribution in [0.25, 0.3) is 0 Å². The van der Waals surface area contributed by atoms with Gasteiger partial charge in [0.05, 0.1) is 5.69 Å². The lowest BCUT2D eigenvalue weighted by Gasteiger charge is -2.24. The summed E-state index contributed by atoms with van der Waals surface area (Å²) in [5.74, 6) is 0.738. The fraction of sp³-hybridized carbons (Fsp3) is 0.600. The van der Waals surface area contributed by atoms with Crippen molar-refractivity contribution in [2.24, 2.45) is 5.92 Å². The molecule has 0 amide bonds. The molecule has 0 spiro atoms. The molecule has 0 atom stereocenters. The Morgan fingerprint density at radius 1 is 1.28 bits per heavy atom. The van der Waals surface area contributed by atoms with Crippen molar-refractivity contribution in [3.8, 4) is 0 Å². The fourth-order valence-corrected chi connectivity index (χ4v) is 2.67. The minimum atomic E-state index is -0.123. The quantitative estimate of drug-likeness (QED) is 0.864. The summed E-state index contributed by atoms with van der Waals surface area (Å²) in [5.41, 5.74) is 0.711. The maximum absolute atomic E-state index is 13.6. The SMILES string of the molecule is CN(CCCC1CCNCC1)c1ccccc1F. The van der Waals surface area contributed by atoms with E-state index in [1.54, 1.807) is 6.07 Å². The number of nitrogens with zero attached hydrogens (tertiary/aromatic N) is 1. The molecule has 0 aliphatic carbocycles. The van der Waals surface area contributed by atoms with E-state index >= 15 is 0 Å². The number of anilines is 1. The molecule has 0 aromatic heterocycles. The molecule has 3 heteroatoms. The second-order valence-corrected chi connectivity index (χ2v) is 5.21. The first-order chi connectivity index (χ1) is 8.77. The van der Waals surface area contributed by atoms with Gasteiger partial charge in [0.2, 0.25) is 0 Å². The summed E-state index contributed by atoms with van der Waals surface area (Å²) in [6.07, 6.45) is 5.00. The predicted molar refractivity (Wildman–Crippen MR) is 74.5 cm³/mol. The summed E-state index contributed by atoms with van der Waals surface area (Å²) in [4.78, 5) is 2.02. The number of hydrogen-bond acceptors (Lipinski definition) is 2. The van der Waals surface area contributed by atoms with Gasteiger partial charge in [-0.25, -0.2) is 4.39 Å². The Labute approximate surface area is 109 Å². The molecule has 1 saturated heterocycles. The highest BCUT2D eigenvalue weighted by atomic mass is 19.1. The fourth-order valence-electron chi connectivity index (χ4n) is 2.67. The van der Waals surface area contributed by atoms with Gasteiger partial charge >= 0.3 is 0 Å². The van der Waals surface area contributed by atoms with Gasteiger partial charge in [0.15, 0.2) is 0 Å². The van der Waals surface area contributed by atoms with E-state index in [0.29, 0.717) is 5.69 Å². The van der Waals surface area contributed by atoms with Gasteiger partial charge in [-0.2, -0.15) is 0 Å². The third-order valence-corrected chi connectivity index (χ3v) is 3.83. The predicted octanol–water partition coefficient (Wildman–Crippen LogP) is 3.04. The molecule has 0 bridgehead atoms. The van der Waals surface area contributed by atoms with Crippen molar-refractivity contribution >= 4 is 5.69 Å². The van der Waals surface area contributed by atoms with Crippen LogP contribution in [0.1, 0.15) is 25.7 Å². The Morgan fingerprint density at radius 3 is 2.72 bits per heavy atom. The van der Waals surface area contributed by atoms with Crippen molar-refractivity contribution in [3.05, 3.63) is 30.1 Å². The summed E-state index contributed by atoms with van der Waals surface area (Å²) < 4.78 is 13.6. The molecule has 18 heavy (non-hydrogen) atoms. The van der Waals surface area contributed by atoms with E-state index in [1.807, 2.05) is 24.1 Å². The van der Waals surface area contributed by atoms with E-state index in [9.17, 15) is 4.39 Å². The molecule has 0 saturated carbocycles. The number of halogens is 1. The lowest BCUT2D eigenvalue weighted by Crippen LogP contribution is -2.28. The molecule has 2 nitrogen and oxygen atoms in total. The average molecular weight is 250 g/mol. The maximum atomic E-state index is 13.6. The van der Waals surface area contributed by atoms with Gasteiger partial charge in [0.1, 0.15) is 5.82 Å². The topological polar surface area (TPSA) is 15.3 Å². The molecule has 0 unspecified atom stereocenters. The van der Waals surface area contributed by atoms with E-state index in [2.05, 4.69) is 5.32 Å². The average Bonchev–Trinajstić information content (AvgIpc) is 2.40. The van der Waals surface area contributed by atoms with Gasteiger partial charge in [-0.05, 0) is 56.8 Å². The van der Waals surface area contributed by atoms with E-state index in [1.165, 1.54) is 25.3 Å². The largest absolute Gasteiger partial charge is 0.372 e. The molecule has 1 aliphatic rings. The number of piperidine rings is 1. The van der Waals surface area contributed by atoms with Crippen molar-refractivity contribution in [3.63, 3.8) is 0 Å². The molecule has 0 radical (unpaired) electrons. The summed E-state index contributed by atoms with van der Waals surface area (Å²) in [5, 5.41) is 3.39. The van der Waals surface area contributed by atoms with Gasteiger partial charge in [0, 0.05) is 13.6 Å². The van der Waals surface area contributed by atoms with E-state index in [0.717, 1.165) is 32.0 Å². The van der Waals surface area contributed by atoms with Gasteiger partial charge < -0.3 is 10.2 Å². The zero-order valence-electron chi connectivity index (χ0n) is 11.2. The van der Waals surface area contributed by atoms with E-state index in [-0.39, 0.29) is 5.82 Å². The van der Waals surface area contributed by atoms with Crippen LogP contribution in [0, 0.1) is 11.7 Å². The Morgan fingerprint density at radius 2 is 2.00 bits per heavy atom. The minimum absolute atomic E-state index is 0.123. The summed E-state index contributed by atoms with van der Waals surface area (Å²) >= 11 is 0. The van der Waals surface area contributed by atoms with E-state index < -0.39 is 0 Å². The van der Waals surface area contributed by atoms with Crippen LogP contribution in [-0.4, -0.2) is 26.7 Å². The summed E-state index contributed by atoms with van der Waals surface area (Å²) in [7, 11) is 1.97. The lowest BCUT2D eigenvalue weighted by atomic mass is 9.93. The van der Waals surface area contributed by atoms with Gasteiger partial charge in [-0.1, -0.05) is 12.1 Å². The van der Waals surface area contributed by atoms with Crippen LogP contribution >= 0.6 is 0 Å². The molecule has 100 valence electrons. The zero-order chi connectivity index (χ0) is 12.8. The molecular formula is C15H23FN2. The van der Waals surface area contributed by atoms with Crippen LogP contribution in [0.15, 0.2) is 24.3 Å². The third kappa shape index (κ3) is 3.70. The molecule has 1 N–H and O–H groups in total. The van der Waals surface area contributed by atoms with E-state index in [4.69, 9.17) is 0 Å². The molecule has 2 rings (SSSR count). The number of hydrogen-bond donors (Lipinski definition) is 1. The number of para-hydroxylation sites is 1. The highest BCUT2D eigenvalue weighted by Gasteiger charge is 2.13. The van der Waals surface area contributed by atoms with Crippen LogP contribution in [-0.2, 0) is 0 Å². The van der Waals surface area contributed by atoms with Crippen molar-refractivity contribution in [2.75, 3.05) is 31.6 Å². The minimum Gasteiger partial charge on any atom is -0.372 e. The normalized spacial score (nSPS) is 16.8. The van der Waals surface area contributed by atoms with Crippen molar-refractivity contribution in [2.45, 2.75) is 25.7 Å². The number of rotatable bonds is 5. The molecular weight excluding hydrogens is 227 g/mol. The lowest BCUT2D eigenvalue weighted by molar-refractivity contribution is 0.348. The first-order valence-corrected chi connectivity index (χ1v) is 6.94. The Balaban J connectivity index is 1.74. The number of benzene rings is 1. The summed E-state index contributed by atoms with van der Waals surface area (Å²) in [6, 6.07) is 7.00. The number of nitrogens with one attached hydrogen (secondary N) is 1. The maximum Gasteiger partial charge on any atom is 0.146 e. The standard InChI is InChI=1S/C15H23FN2/c1-18(15-7-3-2-6-14(15)16)12-4-5-13-8-10-17-11-9-13/h2-3,6-7,13,17H,4-5,8-12H2,1H3. The van der Waals surface area contributed by atoms with Crippen molar-refractivity contribution < 1.29 is 4.39 Å². The van der Waals surface area contributed by atoms with Gasteiger partial charge in [-0.15, -0.1) is 0 Å². The Kier molecular flexibility index (Phi) is 5.00. The Hall–Kier alpha value is -1.09. The zero-order valence-corrected chi connectivity index (χ0v) is 11.2. The third-order valence-electron chi connectivity index (χ3n) is 3.83. The first kappa shape index (κ1) is 13.3. The smallest absolute Gasteiger partial charge is 0.146 e. The van der Waals surface area contributed by atoms with Gasteiger partial charge in [0.25, 0.3) is 0 Å². The highest BCUT2D eigenvalue weighted by Crippen LogP contribution is 2.20. The van der Waals surface area contributed by atoms with Crippen LogP contribution in [0.4, 0.5) is 10.1 Å². The second kappa shape index (κ2) is 6.74. The van der Waals surface area contributed by atoms with Crippen molar-refractivity contribution in [1.82, 2.24) is 5.32 Å². The molecule has 1 aliphatic heterocycles. The van der Waals surface area contributed by atoms with Crippen LogP contribution in [0.2, 0.25) is 0 Å².